The number of benzene rings is 1. The van der Waals surface area contributed by atoms with Gasteiger partial charge in [0.15, 0.2) is 0 Å². The van der Waals surface area contributed by atoms with Crippen molar-refractivity contribution in [2.75, 3.05) is 53.6 Å². The predicted octanol–water partition coefficient (Wildman–Crippen LogP) is 3.47. The first-order valence-corrected chi connectivity index (χ1v) is 12.6. The number of carbonyl (C=O) groups excluding carboxylic acids is 3. The number of likely N-dealkylation sites (tertiary alicyclic amines) is 2. The number of hydrogen-bond acceptors (Lipinski definition) is 6. The summed E-state index contributed by atoms with van der Waals surface area (Å²) in [5.41, 5.74) is 0.587. The number of hydrogen-bond donors (Lipinski definition) is 1. The molecule has 2 aliphatic rings. The van der Waals surface area contributed by atoms with E-state index in [1.54, 1.807) is 39.3 Å². The molecule has 0 bridgehead atoms. The number of methoxy groups -OCH3 is 2. The zero-order valence-corrected chi connectivity index (χ0v) is 21.3. The number of urea groups is 1. The molecular formula is C26H39N3O6. The number of rotatable bonds is 10. The second-order valence-electron chi connectivity index (χ2n) is 9.38. The maximum Gasteiger partial charge on any atom is 0.317 e. The summed E-state index contributed by atoms with van der Waals surface area (Å²) in [5.74, 6) is 0.959. The third-order valence-electron chi connectivity index (χ3n) is 7.11. The summed E-state index contributed by atoms with van der Waals surface area (Å²) in [7, 11) is 3.14. The second kappa shape index (κ2) is 12.7. The largest absolute Gasteiger partial charge is 0.497 e. The van der Waals surface area contributed by atoms with E-state index in [4.69, 9.17) is 14.2 Å². The van der Waals surface area contributed by atoms with E-state index in [0.29, 0.717) is 49.7 Å². The number of nitrogens with zero attached hydrogens (tertiary/aromatic N) is 2. The Kier molecular flexibility index (Phi) is 9.63. The summed E-state index contributed by atoms with van der Waals surface area (Å²) in [5, 5.41) is 3.01. The average Bonchev–Trinajstić information content (AvgIpc) is 3.29. The fourth-order valence-corrected chi connectivity index (χ4v) is 4.96. The van der Waals surface area contributed by atoms with Crippen LogP contribution in [-0.2, 0) is 9.53 Å². The molecule has 9 heteroatoms. The Morgan fingerprint density at radius 1 is 0.971 bits per heavy atom. The van der Waals surface area contributed by atoms with Gasteiger partial charge in [-0.25, -0.2) is 4.79 Å². The van der Waals surface area contributed by atoms with Crippen molar-refractivity contribution in [3.63, 3.8) is 0 Å². The molecule has 0 aliphatic carbocycles. The fourth-order valence-electron chi connectivity index (χ4n) is 4.96. The highest BCUT2D eigenvalue weighted by Gasteiger charge is 2.43. The minimum Gasteiger partial charge on any atom is -0.497 e. The van der Waals surface area contributed by atoms with Crippen molar-refractivity contribution in [3.8, 4) is 11.5 Å². The van der Waals surface area contributed by atoms with Gasteiger partial charge in [0.2, 0.25) is 0 Å². The number of ether oxygens (including phenoxy) is 3. The summed E-state index contributed by atoms with van der Waals surface area (Å²) in [6, 6.07) is 5.24. The van der Waals surface area contributed by atoms with Crippen LogP contribution in [0.25, 0.3) is 0 Å². The highest BCUT2D eigenvalue weighted by Crippen LogP contribution is 2.41. The lowest BCUT2D eigenvalue weighted by molar-refractivity contribution is -0.143. The molecule has 0 saturated carbocycles. The Labute approximate surface area is 208 Å². The van der Waals surface area contributed by atoms with Gasteiger partial charge in [-0.3, -0.25) is 9.59 Å². The van der Waals surface area contributed by atoms with Crippen LogP contribution in [0.15, 0.2) is 18.2 Å². The van der Waals surface area contributed by atoms with Gasteiger partial charge in [-0.05, 0) is 62.6 Å². The summed E-state index contributed by atoms with van der Waals surface area (Å²) in [6.45, 7) is 5.62. The van der Waals surface area contributed by atoms with Crippen LogP contribution in [0.2, 0.25) is 0 Å². The number of esters is 1. The highest BCUT2D eigenvalue weighted by molar-refractivity contribution is 5.97. The van der Waals surface area contributed by atoms with E-state index >= 15 is 0 Å². The number of carbonyl (C=O) groups is 3. The lowest BCUT2D eigenvalue weighted by Crippen LogP contribution is -2.46. The van der Waals surface area contributed by atoms with Crippen molar-refractivity contribution in [1.82, 2.24) is 15.1 Å². The Bertz CT molecular complexity index is 882. The third-order valence-corrected chi connectivity index (χ3v) is 7.11. The molecule has 0 aromatic heterocycles. The standard InChI is InChI=1S/C26H39N3O6/c1-4-35-23(30)8-6-5-7-14-27-25(32)29-17-13-26(19-29)11-15-28(16-12-26)24(31)21-18-20(33-2)9-10-22(21)34-3/h9-10,18H,4-8,11-17,19H2,1-3H3,(H,27,32). The minimum atomic E-state index is -0.158. The molecule has 194 valence electrons. The van der Waals surface area contributed by atoms with Crippen LogP contribution in [0, 0.1) is 5.41 Å². The van der Waals surface area contributed by atoms with Gasteiger partial charge in [0, 0.05) is 39.1 Å². The first kappa shape index (κ1) is 26.6. The van der Waals surface area contributed by atoms with Gasteiger partial charge in [-0.15, -0.1) is 0 Å². The topological polar surface area (TPSA) is 97.4 Å². The maximum absolute atomic E-state index is 13.2. The van der Waals surface area contributed by atoms with Gasteiger partial charge in [-0.2, -0.15) is 0 Å². The van der Waals surface area contributed by atoms with Gasteiger partial charge in [0.05, 0.1) is 26.4 Å². The van der Waals surface area contributed by atoms with E-state index in [0.717, 1.165) is 51.6 Å². The summed E-state index contributed by atoms with van der Waals surface area (Å²) in [6.07, 6.45) is 5.65. The van der Waals surface area contributed by atoms with Crippen molar-refractivity contribution in [2.24, 2.45) is 5.41 Å². The summed E-state index contributed by atoms with van der Waals surface area (Å²) < 4.78 is 15.6. The number of unbranched alkanes of at least 4 members (excludes halogenated alkanes) is 2. The van der Waals surface area contributed by atoms with Crippen molar-refractivity contribution >= 4 is 17.9 Å². The van der Waals surface area contributed by atoms with Gasteiger partial charge in [0.25, 0.3) is 5.91 Å². The van der Waals surface area contributed by atoms with Crippen LogP contribution < -0.4 is 14.8 Å². The molecule has 2 saturated heterocycles. The van der Waals surface area contributed by atoms with Gasteiger partial charge < -0.3 is 29.3 Å². The summed E-state index contributed by atoms with van der Waals surface area (Å²) >= 11 is 0. The van der Waals surface area contributed by atoms with E-state index in [1.807, 2.05) is 9.80 Å². The molecule has 0 unspecified atom stereocenters. The molecule has 3 amide bonds. The van der Waals surface area contributed by atoms with Gasteiger partial charge in [0.1, 0.15) is 11.5 Å². The predicted molar refractivity (Wildman–Crippen MR) is 132 cm³/mol. The van der Waals surface area contributed by atoms with Crippen molar-refractivity contribution in [2.45, 2.75) is 51.9 Å². The molecular weight excluding hydrogens is 450 g/mol. The van der Waals surface area contributed by atoms with Crippen LogP contribution in [0.5, 0.6) is 11.5 Å². The molecule has 35 heavy (non-hydrogen) atoms. The number of amides is 3. The molecule has 2 fully saturated rings. The van der Waals surface area contributed by atoms with E-state index in [2.05, 4.69) is 5.32 Å². The SMILES string of the molecule is CCOC(=O)CCCCCNC(=O)N1CCC2(CCN(C(=O)c3cc(OC)ccc3OC)CC2)C1. The molecule has 2 heterocycles. The molecule has 9 nitrogen and oxygen atoms in total. The molecule has 2 aliphatic heterocycles. The van der Waals surface area contributed by atoms with Crippen LogP contribution in [0.1, 0.15) is 62.2 Å². The van der Waals surface area contributed by atoms with E-state index in [9.17, 15) is 14.4 Å². The average molecular weight is 490 g/mol. The van der Waals surface area contributed by atoms with Crippen LogP contribution in [0.4, 0.5) is 4.79 Å². The van der Waals surface area contributed by atoms with Gasteiger partial charge in [-0.1, -0.05) is 6.42 Å². The first-order chi connectivity index (χ1) is 16.9. The molecule has 1 aromatic rings. The quantitative estimate of drug-likeness (QED) is 0.399. The normalized spacial score (nSPS) is 16.8. The molecule has 1 spiro atoms. The third kappa shape index (κ3) is 7.02. The monoisotopic (exact) mass is 489 g/mol. The maximum atomic E-state index is 13.2. The molecule has 0 atom stereocenters. The van der Waals surface area contributed by atoms with Crippen molar-refractivity contribution in [1.29, 1.82) is 0 Å². The highest BCUT2D eigenvalue weighted by atomic mass is 16.5. The van der Waals surface area contributed by atoms with E-state index < -0.39 is 0 Å². The molecule has 1 N–H and O–H groups in total. The van der Waals surface area contributed by atoms with Crippen LogP contribution in [-0.4, -0.2) is 81.3 Å². The fraction of sp³-hybridized carbons (Fsp3) is 0.654. The van der Waals surface area contributed by atoms with E-state index in [-0.39, 0.29) is 23.3 Å². The van der Waals surface area contributed by atoms with Crippen molar-refractivity contribution in [3.05, 3.63) is 23.8 Å². The zero-order chi connectivity index (χ0) is 25.3. The van der Waals surface area contributed by atoms with Crippen molar-refractivity contribution < 1.29 is 28.6 Å². The Morgan fingerprint density at radius 3 is 2.34 bits per heavy atom. The molecule has 0 radical (unpaired) electrons. The number of nitrogens with one attached hydrogen (secondary N) is 1. The smallest absolute Gasteiger partial charge is 0.317 e. The molecule has 3 rings (SSSR count). The second-order valence-corrected chi connectivity index (χ2v) is 9.38. The Balaban J connectivity index is 1.41. The Hall–Kier alpha value is -2.97. The van der Waals surface area contributed by atoms with Crippen LogP contribution in [0.3, 0.4) is 0 Å². The minimum absolute atomic E-state index is 0.0214. The first-order valence-electron chi connectivity index (χ1n) is 12.6. The lowest BCUT2D eigenvalue weighted by Gasteiger charge is -2.39. The molecule has 1 aromatic carbocycles. The van der Waals surface area contributed by atoms with E-state index in [1.165, 1.54) is 0 Å². The summed E-state index contributed by atoms with van der Waals surface area (Å²) in [4.78, 5) is 41.0. The zero-order valence-electron chi connectivity index (χ0n) is 21.3. The Morgan fingerprint density at radius 2 is 1.69 bits per heavy atom. The lowest BCUT2D eigenvalue weighted by atomic mass is 9.77. The number of piperidine rings is 1. The van der Waals surface area contributed by atoms with Crippen LogP contribution >= 0.6 is 0 Å². The van der Waals surface area contributed by atoms with Gasteiger partial charge >= 0.3 is 12.0 Å².